The van der Waals surface area contributed by atoms with Crippen molar-refractivity contribution in [2.45, 2.75) is 37.8 Å². The molecule has 0 radical (unpaired) electrons. The predicted molar refractivity (Wildman–Crippen MR) is 104 cm³/mol. The second-order valence-electron chi connectivity index (χ2n) is 6.77. The van der Waals surface area contributed by atoms with Crippen LogP contribution in [0.5, 0.6) is 0 Å². The molecule has 1 saturated heterocycles. The average Bonchev–Trinajstić information content (AvgIpc) is 3.08. The lowest BCUT2D eigenvalue weighted by molar-refractivity contribution is -0.129. The normalized spacial score (nSPS) is 16.9. The molecule has 7 heteroatoms. The summed E-state index contributed by atoms with van der Waals surface area (Å²) in [6.07, 6.45) is 1.00. The molecule has 0 aliphatic carbocycles. The van der Waals surface area contributed by atoms with E-state index in [-0.39, 0.29) is 31.0 Å². The van der Waals surface area contributed by atoms with Crippen molar-refractivity contribution in [3.8, 4) is 0 Å². The van der Waals surface area contributed by atoms with Crippen LogP contribution in [0.25, 0.3) is 10.4 Å². The molecule has 28 heavy (non-hydrogen) atoms. The second kappa shape index (κ2) is 9.58. The Balaban J connectivity index is 1.61. The number of ether oxygens (including phenoxy) is 1. The van der Waals surface area contributed by atoms with E-state index in [1.165, 1.54) is 4.90 Å². The summed E-state index contributed by atoms with van der Waals surface area (Å²) < 4.78 is 5.11. The molecule has 2 aromatic carbocycles. The van der Waals surface area contributed by atoms with Gasteiger partial charge < -0.3 is 4.74 Å². The van der Waals surface area contributed by atoms with Gasteiger partial charge in [-0.2, -0.15) is 0 Å². The Morgan fingerprint density at radius 3 is 2.43 bits per heavy atom. The molecule has 3 rings (SSSR count). The van der Waals surface area contributed by atoms with Crippen LogP contribution in [0, 0.1) is 0 Å². The third-order valence-corrected chi connectivity index (χ3v) is 4.76. The molecule has 2 amide bonds. The predicted octanol–water partition coefficient (Wildman–Crippen LogP) is 4.28. The van der Waals surface area contributed by atoms with E-state index < -0.39 is 6.09 Å². The second-order valence-corrected chi connectivity index (χ2v) is 6.77. The summed E-state index contributed by atoms with van der Waals surface area (Å²) in [5, 5.41) is 3.82. The molecule has 0 aromatic heterocycles. The topological polar surface area (TPSA) is 95.4 Å². The molecular weight excluding hydrogens is 356 g/mol. The highest BCUT2D eigenvalue weighted by Gasteiger charge is 2.37. The number of hydrogen-bond donors (Lipinski definition) is 0. The van der Waals surface area contributed by atoms with Crippen LogP contribution in [-0.4, -0.2) is 35.6 Å². The zero-order chi connectivity index (χ0) is 19.8. The van der Waals surface area contributed by atoms with Gasteiger partial charge in [0.15, 0.2) is 0 Å². The van der Waals surface area contributed by atoms with Crippen LogP contribution in [-0.2, 0) is 22.4 Å². The van der Waals surface area contributed by atoms with Crippen molar-refractivity contribution in [2.75, 3.05) is 6.61 Å². The molecule has 7 nitrogen and oxygen atoms in total. The number of imide groups is 1. The van der Waals surface area contributed by atoms with E-state index in [1.54, 1.807) is 0 Å². The maximum atomic E-state index is 12.7. The maximum Gasteiger partial charge on any atom is 0.416 e. The molecule has 0 saturated carbocycles. The monoisotopic (exact) mass is 378 g/mol. The highest BCUT2D eigenvalue weighted by molar-refractivity contribution is 5.93. The van der Waals surface area contributed by atoms with Gasteiger partial charge in [-0.25, -0.2) is 9.69 Å². The van der Waals surface area contributed by atoms with Crippen molar-refractivity contribution in [1.82, 2.24) is 4.90 Å². The highest BCUT2D eigenvalue weighted by Crippen LogP contribution is 2.20. The third-order valence-electron chi connectivity index (χ3n) is 4.76. The Bertz CT molecular complexity index is 850. The summed E-state index contributed by atoms with van der Waals surface area (Å²) in [5.41, 5.74) is 10.9. The van der Waals surface area contributed by atoms with E-state index in [9.17, 15) is 9.59 Å². The largest absolute Gasteiger partial charge is 0.447 e. The molecular formula is C21H22N4O3. The number of carbonyl (C=O) groups is 2. The molecule has 0 N–H and O–H groups in total. The molecule has 1 aliphatic rings. The van der Waals surface area contributed by atoms with Gasteiger partial charge in [0.2, 0.25) is 5.91 Å². The number of cyclic esters (lactones) is 1. The van der Waals surface area contributed by atoms with Crippen LogP contribution < -0.4 is 0 Å². The zero-order valence-electron chi connectivity index (χ0n) is 15.5. The summed E-state index contributed by atoms with van der Waals surface area (Å²) in [4.78, 5) is 28.9. The Labute approximate surface area is 163 Å². The fourth-order valence-electron chi connectivity index (χ4n) is 3.37. The molecule has 0 bridgehead atoms. The molecule has 1 aliphatic heterocycles. The van der Waals surface area contributed by atoms with Gasteiger partial charge in [-0.3, -0.25) is 4.79 Å². The Morgan fingerprint density at radius 2 is 1.79 bits per heavy atom. The zero-order valence-corrected chi connectivity index (χ0v) is 15.5. The van der Waals surface area contributed by atoms with Gasteiger partial charge in [-0.1, -0.05) is 65.8 Å². The van der Waals surface area contributed by atoms with E-state index >= 15 is 0 Å². The lowest BCUT2D eigenvalue weighted by atomic mass is 10.0. The fourth-order valence-corrected chi connectivity index (χ4v) is 3.37. The SMILES string of the molecule is [N-]=[N+]=NC(CCC(=O)N1C(=O)OCC1Cc1ccccc1)Cc1ccccc1. The van der Waals surface area contributed by atoms with E-state index in [0.29, 0.717) is 19.3 Å². The fraction of sp³-hybridized carbons (Fsp3) is 0.333. The Hall–Kier alpha value is -3.31. The first-order valence-corrected chi connectivity index (χ1v) is 9.28. The van der Waals surface area contributed by atoms with E-state index in [1.807, 2.05) is 60.7 Å². The lowest BCUT2D eigenvalue weighted by Crippen LogP contribution is -2.40. The number of benzene rings is 2. The molecule has 2 atom stereocenters. The van der Waals surface area contributed by atoms with Crippen molar-refractivity contribution < 1.29 is 14.3 Å². The summed E-state index contributed by atoms with van der Waals surface area (Å²) in [7, 11) is 0. The van der Waals surface area contributed by atoms with Gasteiger partial charge in [-0.15, -0.1) is 0 Å². The standard InChI is InChI=1S/C21H22N4O3/c22-24-23-18(13-16-7-3-1-4-8-16)11-12-20(26)25-19(15-28-21(25)27)14-17-9-5-2-6-10-17/h1-10,18-19H,11-15H2. The highest BCUT2D eigenvalue weighted by atomic mass is 16.6. The minimum absolute atomic E-state index is 0.122. The molecule has 0 spiro atoms. The quantitative estimate of drug-likeness (QED) is 0.390. The number of amides is 2. The van der Waals surface area contributed by atoms with Crippen molar-refractivity contribution in [3.05, 3.63) is 82.2 Å². The van der Waals surface area contributed by atoms with Gasteiger partial charge in [0.25, 0.3) is 0 Å². The number of azide groups is 1. The molecule has 1 fully saturated rings. The molecule has 1 heterocycles. The first-order valence-electron chi connectivity index (χ1n) is 9.28. The number of carbonyl (C=O) groups excluding carboxylic acids is 2. The lowest BCUT2D eigenvalue weighted by Gasteiger charge is -2.20. The Morgan fingerprint density at radius 1 is 1.14 bits per heavy atom. The average molecular weight is 378 g/mol. The summed E-state index contributed by atoms with van der Waals surface area (Å²) >= 11 is 0. The van der Waals surface area contributed by atoms with E-state index in [0.717, 1.165) is 11.1 Å². The summed E-state index contributed by atoms with van der Waals surface area (Å²) in [6, 6.07) is 18.7. The van der Waals surface area contributed by atoms with Crippen molar-refractivity contribution in [2.24, 2.45) is 5.11 Å². The van der Waals surface area contributed by atoms with Crippen molar-refractivity contribution in [3.63, 3.8) is 0 Å². The third kappa shape index (κ3) is 5.11. The van der Waals surface area contributed by atoms with Crippen LogP contribution in [0.3, 0.4) is 0 Å². The van der Waals surface area contributed by atoms with Crippen LogP contribution in [0.2, 0.25) is 0 Å². The minimum Gasteiger partial charge on any atom is -0.447 e. The summed E-state index contributed by atoms with van der Waals surface area (Å²) in [5.74, 6) is -0.297. The van der Waals surface area contributed by atoms with Crippen molar-refractivity contribution >= 4 is 12.0 Å². The van der Waals surface area contributed by atoms with E-state index in [4.69, 9.17) is 10.3 Å². The van der Waals surface area contributed by atoms with Crippen LogP contribution in [0.4, 0.5) is 4.79 Å². The van der Waals surface area contributed by atoms with Crippen LogP contribution >= 0.6 is 0 Å². The number of rotatable bonds is 8. The number of hydrogen-bond acceptors (Lipinski definition) is 4. The van der Waals surface area contributed by atoms with Crippen LogP contribution in [0.1, 0.15) is 24.0 Å². The smallest absolute Gasteiger partial charge is 0.416 e. The van der Waals surface area contributed by atoms with Gasteiger partial charge in [0.1, 0.15) is 6.61 Å². The summed E-state index contributed by atoms with van der Waals surface area (Å²) in [6.45, 7) is 0.198. The first kappa shape index (κ1) is 19.5. The number of nitrogens with zero attached hydrogens (tertiary/aromatic N) is 4. The molecule has 144 valence electrons. The molecule has 2 unspecified atom stereocenters. The van der Waals surface area contributed by atoms with Crippen molar-refractivity contribution in [1.29, 1.82) is 0 Å². The van der Waals surface area contributed by atoms with Gasteiger partial charge in [0, 0.05) is 17.4 Å². The first-order chi connectivity index (χ1) is 13.7. The Kier molecular flexibility index (Phi) is 6.65. The van der Waals surface area contributed by atoms with Gasteiger partial charge in [-0.05, 0) is 35.9 Å². The maximum absolute atomic E-state index is 12.7. The van der Waals surface area contributed by atoms with Crippen LogP contribution in [0.15, 0.2) is 65.8 Å². The minimum atomic E-state index is -0.602. The molecule has 2 aromatic rings. The van der Waals surface area contributed by atoms with Gasteiger partial charge in [0.05, 0.1) is 6.04 Å². The van der Waals surface area contributed by atoms with E-state index in [2.05, 4.69) is 10.0 Å². The van der Waals surface area contributed by atoms with Gasteiger partial charge >= 0.3 is 6.09 Å².